The number of benzene rings is 1. The molecule has 1 N–H and O–H groups in total. The zero-order valence-electron chi connectivity index (χ0n) is 19.2. The maximum atomic E-state index is 12.9. The molecule has 0 spiro atoms. The molecular formula is C25H32N6O. The molecule has 1 fully saturated rings. The number of amides is 1. The lowest BCUT2D eigenvalue weighted by Gasteiger charge is -2.34. The zero-order valence-corrected chi connectivity index (χ0v) is 19.2. The molecule has 168 valence electrons. The van der Waals surface area contributed by atoms with Crippen LogP contribution >= 0.6 is 0 Å². The highest BCUT2D eigenvalue weighted by molar-refractivity contribution is 5.91. The van der Waals surface area contributed by atoms with Gasteiger partial charge in [-0.1, -0.05) is 39.0 Å². The Morgan fingerprint density at radius 2 is 1.62 bits per heavy atom. The molecule has 2 aromatic heterocycles. The molecule has 0 bridgehead atoms. The van der Waals surface area contributed by atoms with Gasteiger partial charge in [0.1, 0.15) is 5.82 Å². The van der Waals surface area contributed by atoms with Crippen molar-refractivity contribution in [1.29, 1.82) is 0 Å². The number of carbonyl (C=O) groups is 1. The summed E-state index contributed by atoms with van der Waals surface area (Å²) in [5.41, 5.74) is 3.05. The Labute approximate surface area is 190 Å². The molecule has 0 unspecified atom stereocenters. The summed E-state index contributed by atoms with van der Waals surface area (Å²) >= 11 is 0. The minimum absolute atomic E-state index is 0.00914. The number of hydrogen-bond donors (Lipinski definition) is 1. The molecule has 7 heteroatoms. The quantitative estimate of drug-likeness (QED) is 0.647. The average Bonchev–Trinajstić information content (AvgIpc) is 3.21. The van der Waals surface area contributed by atoms with Crippen LogP contribution in [-0.2, 0) is 16.8 Å². The van der Waals surface area contributed by atoms with E-state index >= 15 is 0 Å². The van der Waals surface area contributed by atoms with Gasteiger partial charge in [-0.2, -0.15) is 5.10 Å². The van der Waals surface area contributed by atoms with E-state index in [1.807, 2.05) is 53.5 Å². The number of rotatable bonds is 6. The Kier molecular flexibility index (Phi) is 6.67. The second kappa shape index (κ2) is 9.63. The van der Waals surface area contributed by atoms with Crippen LogP contribution in [0, 0.1) is 0 Å². The predicted molar refractivity (Wildman–Crippen MR) is 127 cm³/mol. The Balaban J connectivity index is 1.37. The van der Waals surface area contributed by atoms with Crippen LogP contribution in [0.1, 0.15) is 32.0 Å². The van der Waals surface area contributed by atoms with Gasteiger partial charge >= 0.3 is 0 Å². The molecule has 1 amide bonds. The van der Waals surface area contributed by atoms with E-state index < -0.39 is 0 Å². The number of para-hydroxylation sites is 1. The van der Waals surface area contributed by atoms with Crippen LogP contribution in [0.2, 0.25) is 0 Å². The number of nitrogens with one attached hydrogen (secondary N) is 1. The van der Waals surface area contributed by atoms with Crippen molar-refractivity contribution < 1.29 is 4.79 Å². The van der Waals surface area contributed by atoms with E-state index in [-0.39, 0.29) is 11.3 Å². The van der Waals surface area contributed by atoms with Crippen molar-refractivity contribution in [3.8, 4) is 5.69 Å². The smallest absolute Gasteiger partial charge is 0.239 e. The number of hydrogen-bond acceptors (Lipinski definition) is 5. The van der Waals surface area contributed by atoms with Gasteiger partial charge in [-0.05, 0) is 29.8 Å². The summed E-state index contributed by atoms with van der Waals surface area (Å²) in [7, 11) is 0. The van der Waals surface area contributed by atoms with Crippen molar-refractivity contribution in [2.45, 2.75) is 32.7 Å². The molecule has 3 aromatic rings. The Morgan fingerprint density at radius 3 is 2.28 bits per heavy atom. The average molecular weight is 433 g/mol. The molecule has 0 aliphatic carbocycles. The largest absolute Gasteiger partial charge is 0.309 e. The summed E-state index contributed by atoms with van der Waals surface area (Å²) in [5, 5.41) is 7.88. The van der Waals surface area contributed by atoms with Crippen LogP contribution in [-0.4, -0.2) is 63.2 Å². The first-order valence-corrected chi connectivity index (χ1v) is 11.2. The van der Waals surface area contributed by atoms with Gasteiger partial charge in [-0.15, -0.1) is 0 Å². The summed E-state index contributed by atoms with van der Waals surface area (Å²) < 4.78 is 1.82. The van der Waals surface area contributed by atoms with E-state index in [0.29, 0.717) is 12.4 Å². The van der Waals surface area contributed by atoms with Gasteiger partial charge < -0.3 is 5.32 Å². The number of carbonyl (C=O) groups excluding carboxylic acids is 1. The maximum Gasteiger partial charge on any atom is 0.239 e. The fraction of sp³-hybridized carbons (Fsp3) is 0.400. The summed E-state index contributed by atoms with van der Waals surface area (Å²) in [5.74, 6) is 0.701. The van der Waals surface area contributed by atoms with Crippen LogP contribution in [0.15, 0.2) is 60.9 Å². The molecule has 4 rings (SSSR count). The topological polar surface area (TPSA) is 66.3 Å². The predicted octanol–water partition coefficient (Wildman–Crippen LogP) is 3.32. The first kappa shape index (κ1) is 22.2. The van der Waals surface area contributed by atoms with Crippen molar-refractivity contribution in [1.82, 2.24) is 24.6 Å². The van der Waals surface area contributed by atoms with E-state index in [1.54, 1.807) is 0 Å². The third-order valence-corrected chi connectivity index (χ3v) is 5.73. The Bertz CT molecular complexity index is 1020. The van der Waals surface area contributed by atoms with Gasteiger partial charge in [0.25, 0.3) is 0 Å². The van der Waals surface area contributed by atoms with Crippen molar-refractivity contribution >= 4 is 11.7 Å². The molecule has 1 saturated heterocycles. The molecule has 0 radical (unpaired) electrons. The highest BCUT2D eigenvalue weighted by Gasteiger charge is 2.23. The molecule has 1 aliphatic heterocycles. The van der Waals surface area contributed by atoms with E-state index in [1.165, 1.54) is 5.56 Å². The van der Waals surface area contributed by atoms with E-state index in [0.717, 1.165) is 44.1 Å². The molecule has 3 heterocycles. The van der Waals surface area contributed by atoms with Crippen LogP contribution in [0.3, 0.4) is 0 Å². The molecule has 1 aromatic carbocycles. The molecule has 0 saturated carbocycles. The lowest BCUT2D eigenvalue weighted by Crippen LogP contribution is -2.48. The fourth-order valence-electron chi connectivity index (χ4n) is 3.84. The second-order valence-corrected chi connectivity index (χ2v) is 9.37. The highest BCUT2D eigenvalue weighted by Crippen LogP contribution is 2.26. The minimum Gasteiger partial charge on any atom is -0.309 e. The number of pyridine rings is 1. The van der Waals surface area contributed by atoms with Crippen molar-refractivity contribution in [2.75, 3.05) is 38.0 Å². The first-order valence-electron chi connectivity index (χ1n) is 11.2. The molecule has 0 atom stereocenters. The molecule has 1 aliphatic rings. The van der Waals surface area contributed by atoms with E-state index in [9.17, 15) is 4.79 Å². The lowest BCUT2D eigenvalue weighted by atomic mass is 9.92. The first-order chi connectivity index (χ1) is 15.4. The summed E-state index contributed by atoms with van der Waals surface area (Å²) in [6.45, 7) is 11.3. The van der Waals surface area contributed by atoms with Crippen molar-refractivity contribution in [3.05, 3.63) is 72.2 Å². The third kappa shape index (κ3) is 5.60. The SMILES string of the molecule is CC(C)(C)c1cc(NC(=O)CN2CCN(Cc3ccncc3)CC2)n(-c2ccccc2)n1. The third-order valence-electron chi connectivity index (χ3n) is 5.73. The van der Waals surface area contributed by atoms with Crippen LogP contribution in [0.4, 0.5) is 5.82 Å². The summed E-state index contributed by atoms with van der Waals surface area (Å²) in [6, 6.07) is 16.0. The fourth-order valence-corrected chi connectivity index (χ4v) is 3.84. The second-order valence-electron chi connectivity index (χ2n) is 9.37. The van der Waals surface area contributed by atoms with Gasteiger partial charge in [0, 0.05) is 56.6 Å². The highest BCUT2D eigenvalue weighted by atomic mass is 16.2. The van der Waals surface area contributed by atoms with Gasteiger partial charge in [0.05, 0.1) is 17.9 Å². The minimum atomic E-state index is -0.106. The normalized spacial score (nSPS) is 15.6. The van der Waals surface area contributed by atoms with E-state index in [4.69, 9.17) is 5.10 Å². The van der Waals surface area contributed by atoms with Gasteiger partial charge in [0.15, 0.2) is 0 Å². The number of aromatic nitrogens is 3. The molecular weight excluding hydrogens is 400 g/mol. The summed E-state index contributed by atoms with van der Waals surface area (Å²) in [6.07, 6.45) is 3.67. The zero-order chi connectivity index (χ0) is 22.6. The maximum absolute atomic E-state index is 12.9. The van der Waals surface area contributed by atoms with Crippen LogP contribution in [0.5, 0.6) is 0 Å². The van der Waals surface area contributed by atoms with Gasteiger partial charge in [-0.25, -0.2) is 4.68 Å². The lowest BCUT2D eigenvalue weighted by molar-refractivity contribution is -0.117. The number of nitrogens with zero attached hydrogens (tertiary/aromatic N) is 5. The van der Waals surface area contributed by atoms with Crippen molar-refractivity contribution in [3.63, 3.8) is 0 Å². The Morgan fingerprint density at radius 1 is 0.969 bits per heavy atom. The van der Waals surface area contributed by atoms with Crippen molar-refractivity contribution in [2.24, 2.45) is 0 Å². The molecule has 32 heavy (non-hydrogen) atoms. The van der Waals surface area contributed by atoms with Gasteiger partial charge in [0.2, 0.25) is 5.91 Å². The Hall–Kier alpha value is -3.03. The monoisotopic (exact) mass is 432 g/mol. The number of anilines is 1. The van der Waals surface area contributed by atoms with Gasteiger partial charge in [-0.3, -0.25) is 19.6 Å². The standard InChI is InChI=1S/C25H32N6O/c1-25(2,3)22-17-23(31(28-22)21-7-5-4-6-8-21)27-24(32)19-30-15-13-29(14-16-30)18-20-9-11-26-12-10-20/h4-12,17H,13-16,18-19H2,1-3H3,(H,27,32). The summed E-state index contributed by atoms with van der Waals surface area (Å²) in [4.78, 5) is 21.6. The molecule has 7 nitrogen and oxygen atoms in total. The van der Waals surface area contributed by atoms with Crippen LogP contribution in [0.25, 0.3) is 5.69 Å². The van der Waals surface area contributed by atoms with E-state index in [2.05, 4.69) is 53.0 Å². The van der Waals surface area contributed by atoms with Crippen LogP contribution < -0.4 is 5.32 Å². The number of piperazine rings is 1.